The maximum Gasteiger partial charge on any atom is 0.268 e. The van der Waals surface area contributed by atoms with Gasteiger partial charge in [0.15, 0.2) is 0 Å². The zero-order valence-electron chi connectivity index (χ0n) is 10.5. The first-order valence-electron chi connectivity index (χ1n) is 5.88. The minimum absolute atomic E-state index is 0.188. The predicted octanol–water partition coefficient (Wildman–Crippen LogP) is 2.72. The molecule has 0 unspecified atom stereocenters. The van der Waals surface area contributed by atoms with Gasteiger partial charge in [-0.2, -0.15) is 5.26 Å². The first-order chi connectivity index (χ1) is 8.67. The molecule has 0 aliphatic rings. The number of rotatable bonds is 2. The highest BCUT2D eigenvalue weighted by atomic mass is 16.1. The Morgan fingerprint density at radius 3 is 2.39 bits per heavy atom. The van der Waals surface area contributed by atoms with Gasteiger partial charge in [0, 0.05) is 6.54 Å². The Hall–Kier alpha value is -2.34. The van der Waals surface area contributed by atoms with Crippen LogP contribution in [0.2, 0.25) is 0 Å². The Balaban J connectivity index is 2.66. The molecule has 0 atom stereocenters. The van der Waals surface area contributed by atoms with Gasteiger partial charge in [0.05, 0.1) is 5.69 Å². The molecule has 0 spiro atoms. The summed E-state index contributed by atoms with van der Waals surface area (Å²) in [6.45, 7) is 4.48. The molecule has 0 saturated heterocycles. The Kier molecular flexibility index (Phi) is 3.29. The molecule has 0 aliphatic heterocycles. The van der Waals surface area contributed by atoms with Gasteiger partial charge in [0.1, 0.15) is 11.6 Å². The lowest BCUT2D eigenvalue weighted by Crippen LogP contribution is -2.23. The van der Waals surface area contributed by atoms with Crippen LogP contribution >= 0.6 is 0 Å². The molecule has 2 aromatic rings. The van der Waals surface area contributed by atoms with E-state index < -0.39 is 0 Å². The Morgan fingerprint density at radius 2 is 1.83 bits per heavy atom. The number of pyridine rings is 1. The summed E-state index contributed by atoms with van der Waals surface area (Å²) in [7, 11) is 0. The van der Waals surface area contributed by atoms with Crippen molar-refractivity contribution in [3.8, 4) is 17.3 Å². The lowest BCUT2D eigenvalue weighted by atomic mass is 10.1. The fourth-order valence-corrected chi connectivity index (χ4v) is 1.95. The van der Waals surface area contributed by atoms with Crippen LogP contribution in [0, 0.1) is 18.3 Å². The van der Waals surface area contributed by atoms with E-state index in [0.29, 0.717) is 6.54 Å². The van der Waals surface area contributed by atoms with Crippen molar-refractivity contribution >= 4 is 0 Å². The summed E-state index contributed by atoms with van der Waals surface area (Å²) in [5.41, 5.74) is 2.98. The number of aromatic nitrogens is 1. The van der Waals surface area contributed by atoms with Crippen molar-refractivity contribution in [2.75, 3.05) is 0 Å². The average molecular weight is 238 g/mol. The van der Waals surface area contributed by atoms with Crippen LogP contribution in [0.25, 0.3) is 11.3 Å². The number of hydrogen-bond donors (Lipinski definition) is 0. The van der Waals surface area contributed by atoms with E-state index in [-0.39, 0.29) is 11.1 Å². The van der Waals surface area contributed by atoms with Crippen LogP contribution in [-0.4, -0.2) is 4.57 Å². The minimum Gasteiger partial charge on any atom is -0.307 e. The second kappa shape index (κ2) is 4.89. The SMILES string of the molecule is CCn1c(-c2ccc(C)cc2)ccc(C#N)c1=O. The highest BCUT2D eigenvalue weighted by Gasteiger charge is 2.08. The monoisotopic (exact) mass is 238 g/mol. The van der Waals surface area contributed by atoms with Crippen LogP contribution in [-0.2, 0) is 6.54 Å². The molecule has 0 bridgehead atoms. The van der Waals surface area contributed by atoms with Crippen molar-refractivity contribution in [3.63, 3.8) is 0 Å². The van der Waals surface area contributed by atoms with E-state index in [0.717, 1.165) is 11.3 Å². The molecule has 18 heavy (non-hydrogen) atoms. The summed E-state index contributed by atoms with van der Waals surface area (Å²) in [5.74, 6) is 0. The molecule has 3 heteroatoms. The number of nitrogens with zero attached hydrogens (tertiary/aromatic N) is 2. The molecule has 0 N–H and O–H groups in total. The van der Waals surface area contributed by atoms with Crippen molar-refractivity contribution in [1.29, 1.82) is 5.26 Å². The van der Waals surface area contributed by atoms with Crippen molar-refractivity contribution in [1.82, 2.24) is 4.57 Å². The summed E-state index contributed by atoms with van der Waals surface area (Å²) in [4.78, 5) is 12.0. The molecule has 1 aromatic carbocycles. The maximum absolute atomic E-state index is 12.0. The van der Waals surface area contributed by atoms with Gasteiger partial charge in [-0.15, -0.1) is 0 Å². The first kappa shape index (κ1) is 12.1. The summed E-state index contributed by atoms with van der Waals surface area (Å²) >= 11 is 0. The largest absolute Gasteiger partial charge is 0.307 e. The molecule has 0 radical (unpaired) electrons. The van der Waals surface area contributed by atoms with Crippen molar-refractivity contribution in [2.24, 2.45) is 0 Å². The van der Waals surface area contributed by atoms with Crippen molar-refractivity contribution in [3.05, 3.63) is 57.9 Å². The van der Waals surface area contributed by atoms with Gasteiger partial charge in [-0.3, -0.25) is 4.79 Å². The minimum atomic E-state index is -0.224. The van der Waals surface area contributed by atoms with Crippen LogP contribution in [0.5, 0.6) is 0 Å². The van der Waals surface area contributed by atoms with Crippen molar-refractivity contribution < 1.29 is 0 Å². The molecule has 0 fully saturated rings. The van der Waals surface area contributed by atoms with Gasteiger partial charge in [-0.1, -0.05) is 29.8 Å². The fraction of sp³-hybridized carbons (Fsp3) is 0.200. The van der Waals surface area contributed by atoms with Crippen LogP contribution in [0.1, 0.15) is 18.1 Å². The molecule has 3 nitrogen and oxygen atoms in total. The van der Waals surface area contributed by atoms with Gasteiger partial charge in [0.2, 0.25) is 0 Å². The average Bonchev–Trinajstić information content (AvgIpc) is 2.39. The number of hydrogen-bond acceptors (Lipinski definition) is 2. The van der Waals surface area contributed by atoms with E-state index >= 15 is 0 Å². The molecule has 90 valence electrons. The molecule has 0 aliphatic carbocycles. The molecule has 2 rings (SSSR count). The van der Waals surface area contributed by atoms with Gasteiger partial charge in [-0.25, -0.2) is 0 Å². The van der Waals surface area contributed by atoms with E-state index in [1.54, 1.807) is 10.6 Å². The molecular weight excluding hydrogens is 224 g/mol. The predicted molar refractivity (Wildman–Crippen MR) is 71.3 cm³/mol. The number of nitriles is 1. The molecule has 1 heterocycles. The van der Waals surface area contributed by atoms with E-state index in [4.69, 9.17) is 5.26 Å². The molecule has 1 aromatic heterocycles. The maximum atomic E-state index is 12.0. The summed E-state index contributed by atoms with van der Waals surface area (Å²) in [5, 5.41) is 8.87. The van der Waals surface area contributed by atoms with Crippen LogP contribution in [0.15, 0.2) is 41.2 Å². The zero-order valence-corrected chi connectivity index (χ0v) is 10.5. The second-order valence-corrected chi connectivity index (χ2v) is 4.16. The van der Waals surface area contributed by atoms with Gasteiger partial charge >= 0.3 is 0 Å². The molecular formula is C15H14N2O. The third kappa shape index (κ3) is 2.05. The summed E-state index contributed by atoms with van der Waals surface area (Å²) < 4.78 is 1.63. The van der Waals surface area contributed by atoms with Crippen molar-refractivity contribution in [2.45, 2.75) is 20.4 Å². The van der Waals surface area contributed by atoms with E-state index in [1.165, 1.54) is 5.56 Å². The lowest BCUT2D eigenvalue weighted by Gasteiger charge is -2.11. The standard InChI is InChI=1S/C15H14N2O/c1-3-17-14(9-8-13(10-16)15(17)18)12-6-4-11(2)5-7-12/h4-9H,3H2,1-2H3. The third-order valence-electron chi connectivity index (χ3n) is 2.96. The number of aryl methyl sites for hydroxylation is 1. The van der Waals surface area contributed by atoms with Crippen LogP contribution in [0.4, 0.5) is 0 Å². The van der Waals surface area contributed by atoms with Crippen LogP contribution in [0.3, 0.4) is 0 Å². The third-order valence-corrected chi connectivity index (χ3v) is 2.96. The first-order valence-corrected chi connectivity index (χ1v) is 5.88. The lowest BCUT2D eigenvalue weighted by molar-refractivity contribution is 0.733. The smallest absolute Gasteiger partial charge is 0.268 e. The molecule has 0 amide bonds. The van der Waals surface area contributed by atoms with Gasteiger partial charge < -0.3 is 4.57 Å². The summed E-state index contributed by atoms with van der Waals surface area (Å²) in [6.07, 6.45) is 0. The summed E-state index contributed by atoms with van der Waals surface area (Å²) in [6, 6.07) is 13.3. The quantitative estimate of drug-likeness (QED) is 0.807. The zero-order chi connectivity index (χ0) is 13.1. The topological polar surface area (TPSA) is 45.8 Å². The van der Waals surface area contributed by atoms with E-state index in [1.807, 2.05) is 50.2 Å². The van der Waals surface area contributed by atoms with Gasteiger partial charge in [-0.05, 0) is 31.5 Å². The Morgan fingerprint density at radius 1 is 1.17 bits per heavy atom. The number of benzene rings is 1. The second-order valence-electron chi connectivity index (χ2n) is 4.16. The molecule has 0 saturated carbocycles. The highest BCUT2D eigenvalue weighted by molar-refractivity contribution is 5.60. The van der Waals surface area contributed by atoms with Crippen LogP contribution < -0.4 is 5.56 Å². The van der Waals surface area contributed by atoms with E-state index in [9.17, 15) is 4.79 Å². The Bertz CT molecular complexity index is 660. The van der Waals surface area contributed by atoms with Gasteiger partial charge in [0.25, 0.3) is 5.56 Å². The highest BCUT2D eigenvalue weighted by Crippen LogP contribution is 2.18. The fourth-order valence-electron chi connectivity index (χ4n) is 1.95. The van der Waals surface area contributed by atoms with E-state index in [2.05, 4.69) is 0 Å². The normalized spacial score (nSPS) is 10.1. The Labute approximate surface area is 106 Å².